The van der Waals surface area contributed by atoms with E-state index >= 15 is 0 Å². The Bertz CT molecular complexity index is 556. The van der Waals surface area contributed by atoms with Gasteiger partial charge in [-0.15, -0.1) is 11.3 Å². The van der Waals surface area contributed by atoms with E-state index in [1.54, 1.807) is 6.07 Å². The quantitative estimate of drug-likeness (QED) is 0.808. The minimum Gasteiger partial charge on any atom is -0.481 e. The van der Waals surface area contributed by atoms with Crippen LogP contribution in [0.1, 0.15) is 30.7 Å². The molecule has 0 aliphatic heterocycles. The molecule has 1 aromatic rings. The molecular formula is C13H21NO4S2. The highest BCUT2D eigenvalue weighted by atomic mass is 32.2. The van der Waals surface area contributed by atoms with Gasteiger partial charge in [-0.1, -0.05) is 13.8 Å². The summed E-state index contributed by atoms with van der Waals surface area (Å²) in [5.74, 6) is -1.47. The number of aryl methyl sites for hydroxylation is 2. The first-order valence-corrected chi connectivity index (χ1v) is 8.73. The number of aliphatic carboxylic acids is 1. The van der Waals surface area contributed by atoms with Crippen LogP contribution < -0.4 is 4.72 Å². The second-order valence-electron chi connectivity index (χ2n) is 5.32. The minimum absolute atomic E-state index is 0.0775. The number of carboxylic acid groups (broad SMARTS) is 1. The average molecular weight is 319 g/mol. The fraction of sp³-hybridized carbons (Fsp3) is 0.615. The fourth-order valence-corrected chi connectivity index (χ4v) is 4.44. The van der Waals surface area contributed by atoms with Crippen molar-refractivity contribution in [2.75, 3.05) is 6.54 Å². The first-order valence-electron chi connectivity index (χ1n) is 6.43. The molecular weight excluding hydrogens is 298 g/mol. The van der Waals surface area contributed by atoms with E-state index in [9.17, 15) is 13.2 Å². The van der Waals surface area contributed by atoms with Crippen molar-refractivity contribution in [3.05, 3.63) is 16.5 Å². The molecule has 0 spiro atoms. The normalized spacial score (nSPS) is 13.7. The van der Waals surface area contributed by atoms with Gasteiger partial charge in [0.1, 0.15) is 4.21 Å². The molecule has 0 bridgehead atoms. The Morgan fingerprint density at radius 1 is 1.40 bits per heavy atom. The third-order valence-electron chi connectivity index (χ3n) is 3.03. The number of hydrogen-bond acceptors (Lipinski definition) is 4. The van der Waals surface area contributed by atoms with Gasteiger partial charge in [0.25, 0.3) is 0 Å². The lowest BCUT2D eigenvalue weighted by Gasteiger charge is -2.15. The summed E-state index contributed by atoms with van der Waals surface area (Å²) in [5.41, 5.74) is 0.923. The highest BCUT2D eigenvalue weighted by Crippen LogP contribution is 2.25. The summed E-state index contributed by atoms with van der Waals surface area (Å²) < 4.78 is 26.9. The highest BCUT2D eigenvalue weighted by molar-refractivity contribution is 7.91. The first kappa shape index (κ1) is 17.1. The Morgan fingerprint density at radius 3 is 2.40 bits per heavy atom. The maximum absolute atomic E-state index is 12.1. The van der Waals surface area contributed by atoms with E-state index in [2.05, 4.69) is 4.72 Å². The molecule has 1 heterocycles. The van der Waals surface area contributed by atoms with Crippen LogP contribution >= 0.6 is 11.3 Å². The van der Waals surface area contributed by atoms with Crippen LogP contribution in [0.2, 0.25) is 0 Å². The van der Waals surface area contributed by atoms with Crippen LogP contribution in [-0.4, -0.2) is 26.0 Å². The van der Waals surface area contributed by atoms with E-state index in [1.165, 1.54) is 11.3 Å². The van der Waals surface area contributed by atoms with Crippen molar-refractivity contribution in [1.82, 2.24) is 4.72 Å². The van der Waals surface area contributed by atoms with E-state index in [-0.39, 0.29) is 16.7 Å². The largest absolute Gasteiger partial charge is 0.481 e. The maximum Gasteiger partial charge on any atom is 0.307 e. The fourth-order valence-electron chi connectivity index (χ4n) is 1.79. The molecule has 0 aliphatic carbocycles. The lowest BCUT2D eigenvalue weighted by atomic mass is 9.98. The predicted molar refractivity (Wildman–Crippen MR) is 79.6 cm³/mol. The molecule has 1 rings (SSSR count). The maximum atomic E-state index is 12.1. The summed E-state index contributed by atoms with van der Waals surface area (Å²) in [6.45, 7) is 7.46. The van der Waals surface area contributed by atoms with Crippen LogP contribution in [-0.2, 0) is 14.8 Å². The van der Waals surface area contributed by atoms with Crippen molar-refractivity contribution in [3.8, 4) is 0 Å². The SMILES string of the molecule is Cc1cc(S(=O)(=O)NCC(CC(C)C)C(=O)O)sc1C. The number of hydrogen-bond donors (Lipinski definition) is 2. The summed E-state index contributed by atoms with van der Waals surface area (Å²) in [5, 5.41) is 9.11. The molecule has 0 radical (unpaired) electrons. The van der Waals surface area contributed by atoms with Crippen LogP contribution in [0.25, 0.3) is 0 Å². The van der Waals surface area contributed by atoms with Crippen LogP contribution in [0.15, 0.2) is 10.3 Å². The lowest BCUT2D eigenvalue weighted by molar-refractivity contribution is -0.142. The average Bonchev–Trinajstić information content (AvgIpc) is 2.65. The molecule has 0 fully saturated rings. The van der Waals surface area contributed by atoms with Gasteiger partial charge in [-0.05, 0) is 37.8 Å². The van der Waals surface area contributed by atoms with Gasteiger partial charge in [0, 0.05) is 11.4 Å². The molecule has 0 saturated heterocycles. The number of carboxylic acids is 1. The molecule has 1 aromatic heterocycles. The molecule has 7 heteroatoms. The molecule has 1 unspecified atom stereocenters. The van der Waals surface area contributed by atoms with Crippen LogP contribution in [0.5, 0.6) is 0 Å². The van der Waals surface area contributed by atoms with E-state index in [0.717, 1.165) is 10.4 Å². The minimum atomic E-state index is -3.62. The van der Waals surface area contributed by atoms with Crippen molar-refractivity contribution in [1.29, 1.82) is 0 Å². The third-order valence-corrected chi connectivity index (χ3v) is 6.08. The van der Waals surface area contributed by atoms with Gasteiger partial charge >= 0.3 is 5.97 Å². The number of sulfonamides is 1. The number of nitrogens with one attached hydrogen (secondary N) is 1. The van der Waals surface area contributed by atoms with Gasteiger partial charge in [0.2, 0.25) is 10.0 Å². The van der Waals surface area contributed by atoms with Gasteiger partial charge in [-0.3, -0.25) is 4.79 Å². The van der Waals surface area contributed by atoms with Crippen molar-refractivity contribution < 1.29 is 18.3 Å². The van der Waals surface area contributed by atoms with Crippen molar-refractivity contribution in [2.45, 2.75) is 38.3 Å². The second kappa shape index (κ2) is 6.69. The first-order chi connectivity index (χ1) is 9.13. The summed E-state index contributed by atoms with van der Waals surface area (Å²) in [7, 11) is -3.62. The number of thiophene rings is 1. The Balaban J connectivity index is 2.78. The predicted octanol–water partition coefficient (Wildman–Crippen LogP) is 2.39. The third kappa shape index (κ3) is 4.57. The molecule has 114 valence electrons. The lowest BCUT2D eigenvalue weighted by Crippen LogP contribution is -2.33. The van der Waals surface area contributed by atoms with Gasteiger partial charge in [-0.2, -0.15) is 0 Å². The Morgan fingerprint density at radius 2 is 2.00 bits per heavy atom. The highest BCUT2D eigenvalue weighted by Gasteiger charge is 2.23. The second-order valence-corrected chi connectivity index (χ2v) is 8.57. The molecule has 20 heavy (non-hydrogen) atoms. The monoisotopic (exact) mass is 319 g/mol. The van der Waals surface area contributed by atoms with E-state index in [4.69, 9.17) is 5.11 Å². The molecule has 0 aromatic carbocycles. The van der Waals surface area contributed by atoms with Crippen molar-refractivity contribution >= 4 is 27.3 Å². The van der Waals surface area contributed by atoms with Crippen LogP contribution in [0, 0.1) is 25.7 Å². The Kier molecular flexibility index (Phi) is 5.73. The zero-order valence-corrected chi connectivity index (χ0v) is 13.8. The molecule has 2 N–H and O–H groups in total. The zero-order valence-electron chi connectivity index (χ0n) is 12.1. The number of carbonyl (C=O) groups is 1. The van der Waals surface area contributed by atoms with Gasteiger partial charge in [0.15, 0.2) is 0 Å². The van der Waals surface area contributed by atoms with Crippen molar-refractivity contribution in [3.63, 3.8) is 0 Å². The van der Waals surface area contributed by atoms with E-state index in [1.807, 2.05) is 27.7 Å². The zero-order chi connectivity index (χ0) is 15.5. The molecule has 5 nitrogen and oxygen atoms in total. The summed E-state index contributed by atoms with van der Waals surface area (Å²) in [6.07, 6.45) is 0.445. The molecule has 1 atom stereocenters. The Hall–Kier alpha value is -0.920. The van der Waals surface area contributed by atoms with Crippen LogP contribution in [0.4, 0.5) is 0 Å². The standard InChI is InChI=1S/C13H21NO4S2/c1-8(2)5-11(13(15)16)7-14-20(17,18)12-6-9(3)10(4)19-12/h6,8,11,14H,5,7H2,1-4H3,(H,15,16). The summed E-state index contributed by atoms with van der Waals surface area (Å²) in [6, 6.07) is 1.61. The Labute approximate surface area is 124 Å². The van der Waals surface area contributed by atoms with Crippen molar-refractivity contribution in [2.24, 2.45) is 11.8 Å². The number of rotatable bonds is 7. The van der Waals surface area contributed by atoms with E-state index < -0.39 is 21.9 Å². The summed E-state index contributed by atoms with van der Waals surface area (Å²) in [4.78, 5) is 12.1. The topological polar surface area (TPSA) is 83.5 Å². The van der Waals surface area contributed by atoms with E-state index in [0.29, 0.717) is 6.42 Å². The molecule has 0 aliphatic rings. The summed E-state index contributed by atoms with van der Waals surface area (Å²) >= 11 is 1.20. The molecule has 0 saturated carbocycles. The smallest absolute Gasteiger partial charge is 0.307 e. The van der Waals surface area contributed by atoms with Gasteiger partial charge in [0.05, 0.1) is 5.92 Å². The van der Waals surface area contributed by atoms with Gasteiger partial charge < -0.3 is 5.11 Å². The molecule has 0 amide bonds. The van der Waals surface area contributed by atoms with Crippen LogP contribution in [0.3, 0.4) is 0 Å². The van der Waals surface area contributed by atoms with Gasteiger partial charge in [-0.25, -0.2) is 13.1 Å².